The van der Waals surface area contributed by atoms with Crippen molar-refractivity contribution < 1.29 is 4.79 Å². The molecule has 4 unspecified atom stereocenters. The lowest BCUT2D eigenvalue weighted by Gasteiger charge is -2.29. The summed E-state index contributed by atoms with van der Waals surface area (Å²) in [6.07, 6.45) is 7.38. The van der Waals surface area contributed by atoms with Crippen LogP contribution in [-0.4, -0.2) is 29.6 Å². The van der Waals surface area contributed by atoms with Crippen molar-refractivity contribution >= 4 is 5.91 Å². The van der Waals surface area contributed by atoms with E-state index in [9.17, 15) is 4.79 Å². The Labute approximate surface area is 124 Å². The number of carbonyl (C=O) groups excluding carboxylic acids is 1. The van der Waals surface area contributed by atoms with Gasteiger partial charge in [0.2, 0.25) is 5.91 Å². The topological polar surface area (TPSA) is 32.3 Å². The Morgan fingerprint density at radius 2 is 2.10 bits per heavy atom. The average Bonchev–Trinajstić information content (AvgIpc) is 2.89. The summed E-state index contributed by atoms with van der Waals surface area (Å²) >= 11 is 0. The minimum Gasteiger partial charge on any atom is -0.325 e. The molecule has 1 heterocycles. The summed E-state index contributed by atoms with van der Waals surface area (Å²) in [5, 5.41) is 3.59. The summed E-state index contributed by atoms with van der Waals surface area (Å²) in [5.41, 5.74) is 0. The summed E-state index contributed by atoms with van der Waals surface area (Å²) in [5.74, 6) is 2.49. The smallest absolute Gasteiger partial charge is 0.241 e. The summed E-state index contributed by atoms with van der Waals surface area (Å²) < 4.78 is 0. The SMILES string of the molecule is CCCC1NC(CC(C)C)N(CC2CCCC2C)C1=O. The van der Waals surface area contributed by atoms with Crippen LogP contribution in [0.3, 0.4) is 0 Å². The zero-order valence-electron chi connectivity index (χ0n) is 13.7. The first-order chi connectivity index (χ1) is 9.52. The van der Waals surface area contributed by atoms with E-state index in [1.54, 1.807) is 0 Å². The zero-order chi connectivity index (χ0) is 14.7. The molecule has 2 aliphatic rings. The molecule has 2 rings (SSSR count). The van der Waals surface area contributed by atoms with Gasteiger partial charge in [-0.05, 0) is 37.0 Å². The maximum Gasteiger partial charge on any atom is 0.241 e. The largest absolute Gasteiger partial charge is 0.325 e. The van der Waals surface area contributed by atoms with E-state index >= 15 is 0 Å². The highest BCUT2D eigenvalue weighted by Crippen LogP contribution is 2.33. The standard InChI is InChI=1S/C17H32N2O/c1-5-7-15-17(20)19(16(18-15)10-12(2)3)11-14-9-6-8-13(14)4/h12-16,18H,5-11H2,1-4H3. The molecule has 0 radical (unpaired) electrons. The Hall–Kier alpha value is -0.570. The number of amides is 1. The molecule has 116 valence electrons. The van der Waals surface area contributed by atoms with Gasteiger partial charge in [-0.1, -0.05) is 47.0 Å². The molecule has 20 heavy (non-hydrogen) atoms. The van der Waals surface area contributed by atoms with Gasteiger partial charge in [-0.2, -0.15) is 0 Å². The van der Waals surface area contributed by atoms with E-state index < -0.39 is 0 Å². The van der Waals surface area contributed by atoms with Crippen LogP contribution in [0.25, 0.3) is 0 Å². The van der Waals surface area contributed by atoms with E-state index in [4.69, 9.17) is 0 Å². The fourth-order valence-corrected chi connectivity index (χ4v) is 3.85. The molecule has 0 aromatic rings. The number of rotatable bonds is 6. The van der Waals surface area contributed by atoms with Crippen molar-refractivity contribution in [3.05, 3.63) is 0 Å². The third kappa shape index (κ3) is 3.55. The molecular weight excluding hydrogens is 248 g/mol. The van der Waals surface area contributed by atoms with Crippen molar-refractivity contribution in [2.75, 3.05) is 6.54 Å². The van der Waals surface area contributed by atoms with E-state index in [0.29, 0.717) is 11.8 Å². The molecule has 2 fully saturated rings. The highest BCUT2D eigenvalue weighted by molar-refractivity contribution is 5.84. The predicted octanol–water partition coefficient (Wildman–Crippen LogP) is 3.40. The molecule has 0 bridgehead atoms. The molecule has 1 aliphatic carbocycles. The number of hydrogen-bond acceptors (Lipinski definition) is 2. The Morgan fingerprint density at radius 3 is 2.65 bits per heavy atom. The van der Waals surface area contributed by atoms with Crippen molar-refractivity contribution in [3.8, 4) is 0 Å². The summed E-state index contributed by atoms with van der Waals surface area (Å²) in [6.45, 7) is 9.98. The second kappa shape index (κ2) is 6.93. The Morgan fingerprint density at radius 1 is 1.35 bits per heavy atom. The van der Waals surface area contributed by atoms with Crippen LogP contribution in [0.4, 0.5) is 0 Å². The van der Waals surface area contributed by atoms with Crippen molar-refractivity contribution in [2.24, 2.45) is 17.8 Å². The van der Waals surface area contributed by atoms with Gasteiger partial charge < -0.3 is 4.90 Å². The van der Waals surface area contributed by atoms with Crippen LogP contribution in [0.15, 0.2) is 0 Å². The minimum absolute atomic E-state index is 0.0699. The third-order valence-corrected chi connectivity index (χ3v) is 5.09. The van der Waals surface area contributed by atoms with E-state index in [1.165, 1.54) is 19.3 Å². The molecule has 0 spiro atoms. The number of nitrogens with zero attached hydrogens (tertiary/aromatic N) is 1. The van der Waals surface area contributed by atoms with Crippen molar-refractivity contribution in [2.45, 2.75) is 78.4 Å². The highest BCUT2D eigenvalue weighted by atomic mass is 16.2. The molecule has 3 heteroatoms. The summed E-state index contributed by atoms with van der Waals surface area (Å²) in [4.78, 5) is 14.8. The molecule has 0 aromatic heterocycles. The first-order valence-electron chi connectivity index (χ1n) is 8.59. The van der Waals surface area contributed by atoms with Crippen molar-refractivity contribution in [1.29, 1.82) is 0 Å². The second-order valence-corrected chi connectivity index (χ2v) is 7.31. The third-order valence-electron chi connectivity index (χ3n) is 5.09. The van der Waals surface area contributed by atoms with Crippen molar-refractivity contribution in [3.63, 3.8) is 0 Å². The average molecular weight is 280 g/mol. The lowest BCUT2D eigenvalue weighted by Crippen LogP contribution is -2.41. The van der Waals surface area contributed by atoms with E-state index in [2.05, 4.69) is 37.9 Å². The minimum atomic E-state index is 0.0699. The fraction of sp³-hybridized carbons (Fsp3) is 0.941. The van der Waals surface area contributed by atoms with Crippen LogP contribution in [0.1, 0.15) is 66.2 Å². The van der Waals surface area contributed by atoms with Crippen molar-refractivity contribution in [1.82, 2.24) is 10.2 Å². The van der Waals surface area contributed by atoms with Gasteiger partial charge in [0, 0.05) is 6.54 Å². The second-order valence-electron chi connectivity index (χ2n) is 7.31. The first kappa shape index (κ1) is 15.8. The van der Waals surface area contributed by atoms with Gasteiger partial charge >= 0.3 is 0 Å². The van der Waals surface area contributed by atoms with Crippen LogP contribution >= 0.6 is 0 Å². The van der Waals surface area contributed by atoms with E-state index in [1.807, 2.05) is 0 Å². The normalized spacial score (nSPS) is 34.5. The van der Waals surface area contributed by atoms with Gasteiger partial charge in [-0.15, -0.1) is 0 Å². The molecule has 1 saturated carbocycles. The molecular formula is C17H32N2O. The Kier molecular flexibility index (Phi) is 5.48. The van der Waals surface area contributed by atoms with E-state index in [0.717, 1.165) is 37.6 Å². The van der Waals surface area contributed by atoms with Gasteiger partial charge in [-0.3, -0.25) is 10.1 Å². The Bertz CT molecular complexity index is 329. The van der Waals surface area contributed by atoms with Gasteiger partial charge in [0.05, 0.1) is 12.2 Å². The Balaban J connectivity index is 2.02. The monoisotopic (exact) mass is 280 g/mol. The molecule has 1 saturated heterocycles. The van der Waals surface area contributed by atoms with Gasteiger partial charge in [0.1, 0.15) is 0 Å². The van der Waals surface area contributed by atoms with Crippen LogP contribution in [0.2, 0.25) is 0 Å². The maximum atomic E-state index is 12.6. The fourth-order valence-electron chi connectivity index (χ4n) is 3.85. The zero-order valence-corrected chi connectivity index (χ0v) is 13.7. The predicted molar refractivity (Wildman–Crippen MR) is 83.3 cm³/mol. The number of nitrogens with one attached hydrogen (secondary N) is 1. The number of carbonyl (C=O) groups is 1. The van der Waals surface area contributed by atoms with Gasteiger partial charge in [0.25, 0.3) is 0 Å². The van der Waals surface area contributed by atoms with Gasteiger partial charge in [-0.25, -0.2) is 0 Å². The van der Waals surface area contributed by atoms with Crippen LogP contribution in [0, 0.1) is 17.8 Å². The highest BCUT2D eigenvalue weighted by Gasteiger charge is 2.40. The van der Waals surface area contributed by atoms with Crippen LogP contribution in [-0.2, 0) is 4.79 Å². The summed E-state index contributed by atoms with van der Waals surface area (Å²) in [6, 6.07) is 0.0699. The summed E-state index contributed by atoms with van der Waals surface area (Å²) in [7, 11) is 0. The van der Waals surface area contributed by atoms with Crippen LogP contribution < -0.4 is 5.32 Å². The molecule has 0 aromatic carbocycles. The molecule has 1 aliphatic heterocycles. The first-order valence-corrected chi connectivity index (χ1v) is 8.59. The quantitative estimate of drug-likeness (QED) is 0.809. The number of hydrogen-bond donors (Lipinski definition) is 1. The van der Waals surface area contributed by atoms with Gasteiger partial charge in [0.15, 0.2) is 0 Å². The lowest BCUT2D eigenvalue weighted by atomic mass is 9.97. The maximum absolute atomic E-state index is 12.6. The van der Waals surface area contributed by atoms with Crippen LogP contribution in [0.5, 0.6) is 0 Å². The molecule has 3 nitrogen and oxygen atoms in total. The molecule has 4 atom stereocenters. The molecule has 1 N–H and O–H groups in total. The van der Waals surface area contributed by atoms with E-state index in [-0.39, 0.29) is 12.2 Å². The lowest BCUT2D eigenvalue weighted by molar-refractivity contribution is -0.131. The molecule has 1 amide bonds.